The average molecular weight is 510 g/mol. The molecule has 6 nitrogen and oxygen atoms in total. The molecule has 2 atom stereocenters. The van der Waals surface area contributed by atoms with Crippen LogP contribution in [0.5, 0.6) is 5.75 Å². The number of rotatable bonds is 9. The molecule has 1 aliphatic rings. The van der Waals surface area contributed by atoms with E-state index in [0.29, 0.717) is 13.0 Å². The van der Waals surface area contributed by atoms with Crippen molar-refractivity contribution in [1.82, 2.24) is 4.90 Å². The van der Waals surface area contributed by atoms with Gasteiger partial charge in [-0.15, -0.1) is 0 Å². The molecule has 37 heavy (non-hydrogen) atoms. The molecule has 2 aromatic carbocycles. The first-order valence-electron chi connectivity index (χ1n) is 13.1. The Morgan fingerprint density at radius 3 is 2.38 bits per heavy atom. The van der Waals surface area contributed by atoms with Crippen LogP contribution in [0.4, 0.5) is 4.79 Å². The van der Waals surface area contributed by atoms with Gasteiger partial charge in [0.25, 0.3) is 0 Å². The first kappa shape index (κ1) is 28.5. The first-order valence-corrected chi connectivity index (χ1v) is 13.1. The fraction of sp³-hybridized carbons (Fsp3) is 0.548. The highest BCUT2D eigenvalue weighted by molar-refractivity contribution is 5.88. The van der Waals surface area contributed by atoms with Gasteiger partial charge >= 0.3 is 12.1 Å². The highest BCUT2D eigenvalue weighted by Gasteiger charge is 2.59. The summed E-state index contributed by atoms with van der Waals surface area (Å²) in [5.41, 5.74) is 1.32. The number of hydrogen-bond donors (Lipinski definition) is 0. The summed E-state index contributed by atoms with van der Waals surface area (Å²) in [6.07, 6.45) is 0.860. The minimum atomic E-state index is -1.14. The molecule has 1 aliphatic heterocycles. The van der Waals surface area contributed by atoms with Crippen molar-refractivity contribution >= 4 is 12.1 Å². The quantitative estimate of drug-likeness (QED) is 0.264. The summed E-state index contributed by atoms with van der Waals surface area (Å²) >= 11 is 0. The number of esters is 1. The number of cyclic esters (lactones) is 1. The van der Waals surface area contributed by atoms with Crippen molar-refractivity contribution in [2.75, 3.05) is 6.61 Å². The van der Waals surface area contributed by atoms with Gasteiger partial charge in [-0.2, -0.15) is 0 Å². The molecule has 1 amide bonds. The van der Waals surface area contributed by atoms with Crippen molar-refractivity contribution in [2.45, 2.75) is 93.0 Å². The first-order chi connectivity index (χ1) is 17.2. The van der Waals surface area contributed by atoms with E-state index in [2.05, 4.69) is 39.0 Å². The van der Waals surface area contributed by atoms with Gasteiger partial charge in [0.15, 0.2) is 6.23 Å². The highest BCUT2D eigenvalue weighted by Crippen LogP contribution is 2.45. The lowest BCUT2D eigenvalue weighted by atomic mass is 9.75. The van der Waals surface area contributed by atoms with Crippen molar-refractivity contribution in [2.24, 2.45) is 10.8 Å². The van der Waals surface area contributed by atoms with Gasteiger partial charge in [-0.05, 0) is 68.2 Å². The van der Waals surface area contributed by atoms with Crippen LogP contribution in [0.3, 0.4) is 0 Å². The van der Waals surface area contributed by atoms with E-state index in [0.717, 1.165) is 29.7 Å². The molecule has 0 N–H and O–H groups in total. The molecular weight excluding hydrogens is 466 g/mol. The minimum absolute atomic E-state index is 0.135. The Kier molecular flexibility index (Phi) is 8.61. The zero-order valence-electron chi connectivity index (χ0n) is 23.7. The van der Waals surface area contributed by atoms with E-state index >= 15 is 0 Å². The number of nitrogens with zero attached hydrogens (tertiary/aromatic N) is 1. The Labute approximate surface area is 222 Å². The molecule has 3 rings (SSSR count). The van der Waals surface area contributed by atoms with Gasteiger partial charge in [0, 0.05) is 5.41 Å². The van der Waals surface area contributed by atoms with Crippen molar-refractivity contribution in [3.63, 3.8) is 0 Å². The Morgan fingerprint density at radius 1 is 1.05 bits per heavy atom. The van der Waals surface area contributed by atoms with Crippen LogP contribution in [0.2, 0.25) is 0 Å². The summed E-state index contributed by atoms with van der Waals surface area (Å²) in [4.78, 5) is 28.3. The maximum Gasteiger partial charge on any atom is 0.413 e. The van der Waals surface area contributed by atoms with Gasteiger partial charge in [-0.1, -0.05) is 77.1 Å². The molecule has 202 valence electrons. The second-order valence-electron chi connectivity index (χ2n) is 12.4. The van der Waals surface area contributed by atoms with E-state index in [1.165, 1.54) is 10.5 Å². The topological polar surface area (TPSA) is 65.1 Å². The van der Waals surface area contributed by atoms with E-state index in [1.807, 2.05) is 58.0 Å². The van der Waals surface area contributed by atoms with Crippen molar-refractivity contribution < 1.29 is 23.8 Å². The molecule has 2 aromatic rings. The van der Waals surface area contributed by atoms with Crippen LogP contribution in [0.1, 0.15) is 77.5 Å². The normalized spacial score (nSPS) is 20.1. The van der Waals surface area contributed by atoms with Gasteiger partial charge in [0.1, 0.15) is 17.9 Å². The fourth-order valence-electron chi connectivity index (χ4n) is 5.06. The van der Waals surface area contributed by atoms with Gasteiger partial charge in [-0.25, -0.2) is 9.59 Å². The molecule has 0 saturated carbocycles. The third-order valence-corrected chi connectivity index (χ3v) is 6.99. The van der Waals surface area contributed by atoms with Gasteiger partial charge < -0.3 is 14.2 Å². The third-order valence-electron chi connectivity index (χ3n) is 6.99. The van der Waals surface area contributed by atoms with Crippen LogP contribution in [-0.4, -0.2) is 35.3 Å². The van der Waals surface area contributed by atoms with Crippen molar-refractivity contribution in [1.29, 1.82) is 0 Å². The van der Waals surface area contributed by atoms with Crippen LogP contribution in [0.25, 0.3) is 0 Å². The highest BCUT2D eigenvalue weighted by atomic mass is 16.6. The number of benzene rings is 2. The number of amides is 1. The number of aryl methyl sites for hydroxylation is 2. The Bertz CT molecular complexity index is 1090. The summed E-state index contributed by atoms with van der Waals surface area (Å²) in [7, 11) is 0. The fourth-order valence-corrected chi connectivity index (χ4v) is 5.06. The second kappa shape index (κ2) is 11.2. The molecule has 0 bridgehead atoms. The molecule has 1 heterocycles. The number of hydrogen-bond acceptors (Lipinski definition) is 5. The van der Waals surface area contributed by atoms with E-state index < -0.39 is 23.3 Å². The van der Waals surface area contributed by atoms with E-state index in [9.17, 15) is 9.59 Å². The predicted molar refractivity (Wildman–Crippen MR) is 145 cm³/mol. The molecule has 0 aliphatic carbocycles. The van der Waals surface area contributed by atoms with Gasteiger partial charge in [0.05, 0.1) is 6.61 Å². The van der Waals surface area contributed by atoms with E-state index in [4.69, 9.17) is 14.2 Å². The van der Waals surface area contributed by atoms with Crippen LogP contribution in [0.15, 0.2) is 48.5 Å². The Hall–Kier alpha value is -3.02. The maximum atomic E-state index is 13.5. The molecule has 0 spiro atoms. The third kappa shape index (κ3) is 7.06. The molecule has 0 aromatic heterocycles. The van der Waals surface area contributed by atoms with E-state index in [1.54, 1.807) is 6.92 Å². The second-order valence-corrected chi connectivity index (χ2v) is 12.4. The van der Waals surface area contributed by atoms with Crippen LogP contribution < -0.4 is 4.74 Å². The lowest BCUT2D eigenvalue weighted by molar-refractivity contribution is -0.149. The largest absolute Gasteiger partial charge is 0.493 e. The number of carbonyl (C=O) groups is 2. The number of ether oxygens (including phenoxy) is 3. The zero-order valence-corrected chi connectivity index (χ0v) is 23.7. The van der Waals surface area contributed by atoms with Crippen LogP contribution in [-0.2, 0) is 20.9 Å². The minimum Gasteiger partial charge on any atom is -0.493 e. The van der Waals surface area contributed by atoms with Gasteiger partial charge in [0.2, 0.25) is 0 Å². The molecular formula is C31H43NO5. The standard InChI is InChI=1S/C31H43NO5/c1-22-15-16-23(2)25(19-22)35-18-12-17-30(6,7)21-31(8)27(33)37-26(29(3,4)5)32(31)28(34)36-20-24-13-10-9-11-14-24/h9-11,13-16,19,26H,12,17-18,20-21H2,1-8H3/t26-,31-/m0/s1. The molecule has 1 saturated heterocycles. The van der Waals surface area contributed by atoms with Crippen LogP contribution in [0, 0.1) is 24.7 Å². The smallest absolute Gasteiger partial charge is 0.413 e. The summed E-state index contributed by atoms with van der Waals surface area (Å²) in [5, 5.41) is 0. The SMILES string of the molecule is Cc1ccc(C)c(OCCCC(C)(C)C[C@@]2(C)C(=O)O[C@@H](C(C)(C)C)N2C(=O)OCc2ccccc2)c1. The van der Waals surface area contributed by atoms with Crippen LogP contribution >= 0.6 is 0 Å². The lowest BCUT2D eigenvalue weighted by Crippen LogP contribution is -2.56. The molecule has 0 unspecified atom stereocenters. The van der Waals surface area contributed by atoms with E-state index in [-0.39, 0.29) is 18.0 Å². The predicted octanol–water partition coefficient (Wildman–Crippen LogP) is 7.21. The van der Waals surface area contributed by atoms with Crippen molar-refractivity contribution in [3.05, 3.63) is 65.2 Å². The summed E-state index contributed by atoms with van der Waals surface area (Å²) in [6.45, 7) is 16.8. The number of carbonyl (C=O) groups excluding carboxylic acids is 2. The summed E-state index contributed by atoms with van der Waals surface area (Å²) in [6, 6.07) is 15.7. The maximum absolute atomic E-state index is 13.5. The molecule has 1 fully saturated rings. The zero-order chi connectivity index (χ0) is 27.4. The summed E-state index contributed by atoms with van der Waals surface area (Å²) < 4.78 is 17.6. The van der Waals surface area contributed by atoms with Gasteiger partial charge in [-0.3, -0.25) is 4.90 Å². The summed E-state index contributed by atoms with van der Waals surface area (Å²) in [5.74, 6) is 0.522. The average Bonchev–Trinajstić information content (AvgIpc) is 3.08. The van der Waals surface area contributed by atoms with Crippen molar-refractivity contribution in [3.8, 4) is 5.75 Å². The Balaban J connectivity index is 1.70. The Morgan fingerprint density at radius 2 is 1.73 bits per heavy atom. The lowest BCUT2D eigenvalue weighted by Gasteiger charge is -2.40. The molecule has 0 radical (unpaired) electrons. The molecule has 6 heteroatoms. The monoisotopic (exact) mass is 509 g/mol.